The lowest BCUT2D eigenvalue weighted by Crippen LogP contribution is -2.37. The SMILES string of the molecule is Cc1cc(C(=O)C[n+]2cccc(O)c2)c(C)n1-c1c(C)n(C)n(-c2ccccc2)c1=O. The standard InChI is InChI=1S/C24H24N4O3/c1-16-13-21(22(30)15-26-12-8-11-20(29)14-26)17(2)27(16)23-18(3)25(4)28(24(23)31)19-9-6-5-7-10-19/h5-14H,15H2,1-4H3/p+1. The van der Waals surface area contributed by atoms with Crippen molar-refractivity contribution in [1.82, 2.24) is 13.9 Å². The van der Waals surface area contributed by atoms with Gasteiger partial charge in [-0.1, -0.05) is 18.2 Å². The molecule has 1 aromatic carbocycles. The first-order chi connectivity index (χ1) is 14.8. The Labute approximate surface area is 180 Å². The van der Waals surface area contributed by atoms with Crippen LogP contribution in [0.15, 0.2) is 65.7 Å². The number of Topliss-reactive ketones (excluding diaryl/α,β-unsaturated/α-hetero) is 1. The molecule has 0 amide bonds. The van der Waals surface area contributed by atoms with Crippen molar-refractivity contribution in [2.45, 2.75) is 27.3 Å². The molecule has 31 heavy (non-hydrogen) atoms. The third-order valence-corrected chi connectivity index (χ3v) is 5.65. The van der Waals surface area contributed by atoms with Crippen LogP contribution in [-0.2, 0) is 13.6 Å². The molecule has 0 bridgehead atoms. The zero-order chi connectivity index (χ0) is 22.3. The molecular formula is C24H25N4O3+. The average Bonchev–Trinajstić information content (AvgIpc) is 3.14. The number of aromatic nitrogens is 4. The number of aromatic hydroxyl groups is 1. The number of pyridine rings is 1. The molecule has 0 aliphatic heterocycles. The minimum absolute atomic E-state index is 0.0908. The lowest BCUT2D eigenvalue weighted by molar-refractivity contribution is -0.683. The molecule has 4 aromatic rings. The molecule has 0 aliphatic carbocycles. The largest absolute Gasteiger partial charge is 0.503 e. The Bertz CT molecular complexity index is 1340. The molecule has 0 spiro atoms. The smallest absolute Gasteiger partial charge is 0.295 e. The lowest BCUT2D eigenvalue weighted by atomic mass is 10.1. The van der Waals surface area contributed by atoms with Gasteiger partial charge in [0.15, 0.2) is 11.9 Å². The Morgan fingerprint density at radius 3 is 2.42 bits per heavy atom. The van der Waals surface area contributed by atoms with Crippen molar-refractivity contribution in [2.75, 3.05) is 0 Å². The van der Waals surface area contributed by atoms with Crippen molar-refractivity contribution in [3.8, 4) is 17.1 Å². The van der Waals surface area contributed by atoms with E-state index in [1.54, 1.807) is 27.6 Å². The van der Waals surface area contributed by atoms with Crippen molar-refractivity contribution >= 4 is 5.78 Å². The summed E-state index contributed by atoms with van der Waals surface area (Å²) in [7, 11) is 1.85. The fourth-order valence-corrected chi connectivity index (χ4v) is 4.06. The second-order valence-corrected chi connectivity index (χ2v) is 7.69. The summed E-state index contributed by atoms with van der Waals surface area (Å²) in [6, 6.07) is 14.5. The van der Waals surface area contributed by atoms with Gasteiger partial charge in [-0.05, 0) is 45.0 Å². The van der Waals surface area contributed by atoms with E-state index in [4.69, 9.17) is 0 Å². The second kappa shape index (κ2) is 7.75. The second-order valence-electron chi connectivity index (χ2n) is 7.69. The van der Waals surface area contributed by atoms with E-state index in [1.165, 1.54) is 6.20 Å². The van der Waals surface area contributed by atoms with E-state index in [1.807, 2.05) is 73.5 Å². The number of carbonyl (C=O) groups excluding carboxylic acids is 1. The summed E-state index contributed by atoms with van der Waals surface area (Å²) in [6.45, 7) is 5.75. The monoisotopic (exact) mass is 417 g/mol. The van der Waals surface area contributed by atoms with Gasteiger partial charge in [-0.3, -0.25) is 14.3 Å². The van der Waals surface area contributed by atoms with Gasteiger partial charge in [-0.2, -0.15) is 4.57 Å². The molecule has 7 nitrogen and oxygen atoms in total. The summed E-state index contributed by atoms with van der Waals surface area (Å²) in [5.41, 5.74) is 4.06. The maximum atomic E-state index is 13.4. The maximum Gasteiger partial charge on any atom is 0.295 e. The highest BCUT2D eigenvalue weighted by atomic mass is 16.3. The molecule has 0 atom stereocenters. The summed E-state index contributed by atoms with van der Waals surface area (Å²) in [5.74, 6) is 0.00839. The first kappa shape index (κ1) is 20.4. The predicted octanol–water partition coefficient (Wildman–Crippen LogP) is 2.77. The van der Waals surface area contributed by atoms with E-state index in [9.17, 15) is 14.7 Å². The first-order valence-electron chi connectivity index (χ1n) is 10.0. The zero-order valence-corrected chi connectivity index (χ0v) is 18.0. The van der Waals surface area contributed by atoms with Crippen LogP contribution in [0.25, 0.3) is 11.4 Å². The molecule has 158 valence electrons. The van der Waals surface area contributed by atoms with Crippen LogP contribution >= 0.6 is 0 Å². The molecule has 0 fully saturated rings. The van der Waals surface area contributed by atoms with E-state index in [-0.39, 0.29) is 23.6 Å². The zero-order valence-electron chi connectivity index (χ0n) is 18.0. The van der Waals surface area contributed by atoms with Crippen LogP contribution in [0.1, 0.15) is 27.4 Å². The van der Waals surface area contributed by atoms with Crippen LogP contribution in [0.2, 0.25) is 0 Å². The van der Waals surface area contributed by atoms with E-state index < -0.39 is 0 Å². The van der Waals surface area contributed by atoms with Crippen LogP contribution in [0.3, 0.4) is 0 Å². The average molecular weight is 417 g/mol. The van der Waals surface area contributed by atoms with Gasteiger partial charge in [-0.25, -0.2) is 4.68 Å². The van der Waals surface area contributed by atoms with Crippen molar-refractivity contribution < 1.29 is 14.5 Å². The highest BCUT2D eigenvalue weighted by Gasteiger charge is 2.25. The Morgan fingerprint density at radius 2 is 1.74 bits per heavy atom. The Morgan fingerprint density at radius 1 is 1.03 bits per heavy atom. The maximum absolute atomic E-state index is 13.4. The molecule has 7 heteroatoms. The molecule has 4 rings (SSSR count). The van der Waals surface area contributed by atoms with Crippen molar-refractivity contribution in [1.29, 1.82) is 0 Å². The van der Waals surface area contributed by atoms with Gasteiger partial charge in [0, 0.05) is 30.1 Å². The molecule has 1 N–H and O–H groups in total. The van der Waals surface area contributed by atoms with E-state index in [2.05, 4.69) is 0 Å². The van der Waals surface area contributed by atoms with Gasteiger partial charge in [0.05, 0.1) is 11.4 Å². The van der Waals surface area contributed by atoms with E-state index >= 15 is 0 Å². The van der Waals surface area contributed by atoms with E-state index in [0.29, 0.717) is 16.9 Å². The Hall–Kier alpha value is -3.87. The van der Waals surface area contributed by atoms with Gasteiger partial charge in [0.25, 0.3) is 5.56 Å². The highest BCUT2D eigenvalue weighted by molar-refractivity contribution is 5.96. The minimum Gasteiger partial charge on any atom is -0.503 e. The number of carbonyl (C=O) groups is 1. The fraction of sp³-hybridized carbons (Fsp3) is 0.208. The quantitative estimate of drug-likeness (QED) is 0.401. The van der Waals surface area contributed by atoms with Gasteiger partial charge in [-0.15, -0.1) is 0 Å². The molecule has 0 saturated heterocycles. The number of nitrogens with zero attached hydrogens (tertiary/aromatic N) is 4. The topological polar surface area (TPSA) is 73.0 Å². The summed E-state index contributed by atoms with van der Waals surface area (Å²) < 4.78 is 6.96. The third-order valence-electron chi connectivity index (χ3n) is 5.65. The molecular weight excluding hydrogens is 392 g/mol. The van der Waals surface area contributed by atoms with Crippen molar-refractivity contribution in [3.63, 3.8) is 0 Å². The normalized spacial score (nSPS) is 11.1. The van der Waals surface area contributed by atoms with Crippen LogP contribution in [0.5, 0.6) is 5.75 Å². The fourth-order valence-electron chi connectivity index (χ4n) is 4.06. The number of rotatable bonds is 5. The lowest BCUT2D eigenvalue weighted by Gasteiger charge is -2.08. The first-order valence-corrected chi connectivity index (χ1v) is 10.0. The third kappa shape index (κ3) is 3.48. The molecule has 3 aromatic heterocycles. The highest BCUT2D eigenvalue weighted by Crippen LogP contribution is 2.23. The van der Waals surface area contributed by atoms with Gasteiger partial charge < -0.3 is 9.67 Å². The number of ketones is 1. The number of aryl methyl sites for hydroxylation is 1. The van der Waals surface area contributed by atoms with Crippen molar-refractivity contribution in [2.24, 2.45) is 7.05 Å². The predicted molar refractivity (Wildman–Crippen MR) is 117 cm³/mol. The molecule has 0 aliphatic rings. The molecule has 0 radical (unpaired) electrons. The molecule has 3 heterocycles. The number of hydrogen-bond acceptors (Lipinski definition) is 3. The van der Waals surface area contributed by atoms with E-state index in [0.717, 1.165) is 17.1 Å². The summed E-state index contributed by atoms with van der Waals surface area (Å²) in [4.78, 5) is 26.4. The Kier molecular flexibility index (Phi) is 5.10. The number of hydrogen-bond donors (Lipinski definition) is 1. The summed E-state index contributed by atoms with van der Waals surface area (Å²) in [5, 5.41) is 9.66. The Balaban J connectivity index is 1.80. The van der Waals surface area contributed by atoms with Gasteiger partial charge in [0.1, 0.15) is 5.69 Å². The summed E-state index contributed by atoms with van der Waals surface area (Å²) in [6.07, 6.45) is 3.24. The summed E-state index contributed by atoms with van der Waals surface area (Å²) >= 11 is 0. The number of para-hydroxylation sites is 1. The molecule has 0 unspecified atom stereocenters. The van der Waals surface area contributed by atoms with Gasteiger partial charge in [0.2, 0.25) is 18.5 Å². The van der Waals surface area contributed by atoms with Crippen LogP contribution in [0, 0.1) is 20.8 Å². The molecule has 0 saturated carbocycles. The van der Waals surface area contributed by atoms with Gasteiger partial charge >= 0.3 is 0 Å². The van der Waals surface area contributed by atoms with Crippen molar-refractivity contribution in [3.05, 3.63) is 93.9 Å². The van der Waals surface area contributed by atoms with Crippen LogP contribution in [-0.4, -0.2) is 24.8 Å². The van der Waals surface area contributed by atoms with Crippen LogP contribution in [0.4, 0.5) is 0 Å². The minimum atomic E-state index is -0.144. The van der Waals surface area contributed by atoms with Crippen LogP contribution < -0.4 is 10.1 Å². The number of benzene rings is 1.